The largest absolute Gasteiger partial charge is 0.481 e. The van der Waals surface area contributed by atoms with Crippen molar-refractivity contribution in [2.45, 2.75) is 13.8 Å². The highest BCUT2D eigenvalue weighted by Gasteiger charge is 2.18. The van der Waals surface area contributed by atoms with Crippen molar-refractivity contribution in [1.82, 2.24) is 19.7 Å². The Kier molecular flexibility index (Phi) is 3.99. The molecule has 1 N–H and O–H groups in total. The number of rotatable bonds is 3. The summed E-state index contributed by atoms with van der Waals surface area (Å²) in [7, 11) is 1.62. The zero-order valence-electron chi connectivity index (χ0n) is 16.4. The summed E-state index contributed by atoms with van der Waals surface area (Å²) in [5.41, 5.74) is 6.41. The average molecular weight is 388 g/mol. The fourth-order valence-electron chi connectivity index (χ4n) is 4.09. The summed E-state index contributed by atoms with van der Waals surface area (Å²) < 4.78 is 12.6. The van der Waals surface area contributed by atoms with E-state index in [9.17, 15) is 4.79 Å². The van der Waals surface area contributed by atoms with Gasteiger partial charge in [0.05, 0.1) is 48.6 Å². The molecule has 1 aliphatic heterocycles. The smallest absolute Gasteiger partial charge is 0.259 e. The molecule has 0 saturated carbocycles. The van der Waals surface area contributed by atoms with Crippen molar-refractivity contribution in [3.05, 3.63) is 58.1 Å². The van der Waals surface area contributed by atoms with Gasteiger partial charge in [0.2, 0.25) is 5.88 Å². The lowest BCUT2D eigenvalue weighted by molar-refractivity contribution is 0.213. The third-order valence-electron chi connectivity index (χ3n) is 5.44. The Bertz CT molecular complexity index is 1360. The number of fused-ring (bicyclic) bond motifs is 3. The molecule has 1 aromatic carbocycles. The highest BCUT2D eigenvalue weighted by molar-refractivity contribution is 6.05. The standard InChI is InChI=1S/C22H20N4O3/c1-12-9-23-22(28-3)13(2)19(12)14-4-5-16-18(8-14)25-21(27)17-10-24-26(20(16)17)15-6-7-29-11-15/h4-6,8-10H,7,11H2,1-3H3,(H,25,27). The number of aromatic nitrogens is 4. The molecule has 0 saturated heterocycles. The molecule has 0 unspecified atom stereocenters. The molecule has 0 radical (unpaired) electrons. The minimum absolute atomic E-state index is 0.156. The van der Waals surface area contributed by atoms with Crippen LogP contribution in [0.15, 0.2) is 41.5 Å². The van der Waals surface area contributed by atoms with Crippen molar-refractivity contribution >= 4 is 27.5 Å². The van der Waals surface area contributed by atoms with Crippen LogP contribution in [0.3, 0.4) is 0 Å². The van der Waals surface area contributed by atoms with Gasteiger partial charge >= 0.3 is 0 Å². The fourth-order valence-corrected chi connectivity index (χ4v) is 4.09. The Morgan fingerprint density at radius 2 is 2.07 bits per heavy atom. The molecule has 0 atom stereocenters. The van der Waals surface area contributed by atoms with E-state index in [1.165, 1.54) is 0 Å². The summed E-state index contributed by atoms with van der Waals surface area (Å²) in [5.74, 6) is 0.598. The Labute approximate surface area is 166 Å². The van der Waals surface area contributed by atoms with Crippen molar-refractivity contribution in [3.63, 3.8) is 0 Å². The van der Waals surface area contributed by atoms with Crippen molar-refractivity contribution in [3.8, 4) is 17.0 Å². The normalized spacial score (nSPS) is 14.0. The number of ether oxygens (including phenoxy) is 2. The van der Waals surface area contributed by atoms with E-state index in [-0.39, 0.29) is 5.56 Å². The van der Waals surface area contributed by atoms with E-state index in [1.54, 1.807) is 19.5 Å². The summed E-state index contributed by atoms with van der Waals surface area (Å²) in [6, 6.07) is 6.09. The quantitative estimate of drug-likeness (QED) is 0.581. The van der Waals surface area contributed by atoms with Crippen molar-refractivity contribution in [2.75, 3.05) is 20.3 Å². The number of nitrogens with zero attached hydrogens (tertiary/aromatic N) is 3. The van der Waals surface area contributed by atoms with Crippen molar-refractivity contribution < 1.29 is 9.47 Å². The number of nitrogens with one attached hydrogen (secondary N) is 1. The second-order valence-corrected chi connectivity index (χ2v) is 7.19. The predicted molar refractivity (Wildman–Crippen MR) is 112 cm³/mol. The van der Waals surface area contributed by atoms with E-state index in [0.29, 0.717) is 24.5 Å². The van der Waals surface area contributed by atoms with Gasteiger partial charge < -0.3 is 14.5 Å². The van der Waals surface area contributed by atoms with Gasteiger partial charge in [0.25, 0.3) is 5.56 Å². The van der Waals surface area contributed by atoms with E-state index in [1.807, 2.05) is 36.7 Å². The summed E-state index contributed by atoms with van der Waals surface area (Å²) in [5, 5.41) is 5.94. The fraction of sp³-hybridized carbons (Fsp3) is 0.227. The molecule has 4 aromatic rings. The van der Waals surface area contributed by atoms with Gasteiger partial charge in [-0.15, -0.1) is 0 Å². The van der Waals surface area contributed by atoms with Gasteiger partial charge in [-0.2, -0.15) is 5.10 Å². The molecule has 0 aliphatic carbocycles. The van der Waals surface area contributed by atoms with Gasteiger partial charge in [0.1, 0.15) is 0 Å². The summed E-state index contributed by atoms with van der Waals surface area (Å²) in [4.78, 5) is 20.1. The molecule has 0 spiro atoms. The lowest BCUT2D eigenvalue weighted by atomic mass is 9.96. The monoisotopic (exact) mass is 388 g/mol. The first kappa shape index (κ1) is 17.6. The van der Waals surface area contributed by atoms with Gasteiger partial charge in [-0.1, -0.05) is 12.1 Å². The molecule has 4 heterocycles. The van der Waals surface area contributed by atoms with Gasteiger partial charge in [-0.25, -0.2) is 9.67 Å². The van der Waals surface area contributed by atoms with E-state index >= 15 is 0 Å². The molecule has 146 valence electrons. The number of H-pyrrole nitrogens is 1. The highest BCUT2D eigenvalue weighted by atomic mass is 16.5. The van der Waals surface area contributed by atoms with Crippen LogP contribution in [0.25, 0.3) is 38.6 Å². The van der Waals surface area contributed by atoms with Crippen molar-refractivity contribution in [2.24, 2.45) is 0 Å². The molecular weight excluding hydrogens is 368 g/mol. The second kappa shape index (κ2) is 6.56. The van der Waals surface area contributed by atoms with Crippen LogP contribution in [-0.4, -0.2) is 40.1 Å². The van der Waals surface area contributed by atoms with Crippen LogP contribution in [0.2, 0.25) is 0 Å². The van der Waals surface area contributed by atoms with Gasteiger partial charge in [0, 0.05) is 17.1 Å². The van der Waals surface area contributed by atoms with Crippen LogP contribution in [0.1, 0.15) is 11.1 Å². The molecule has 7 nitrogen and oxygen atoms in total. The molecule has 1 aliphatic rings. The summed E-state index contributed by atoms with van der Waals surface area (Å²) in [6.07, 6.45) is 5.41. The molecule has 7 heteroatoms. The number of benzene rings is 1. The van der Waals surface area contributed by atoms with E-state index in [0.717, 1.165) is 44.4 Å². The molecule has 5 rings (SSSR count). The van der Waals surface area contributed by atoms with Crippen molar-refractivity contribution in [1.29, 1.82) is 0 Å². The molecule has 29 heavy (non-hydrogen) atoms. The molecule has 0 amide bonds. The summed E-state index contributed by atoms with van der Waals surface area (Å²) in [6.45, 7) is 5.06. The predicted octanol–water partition coefficient (Wildman–Crippen LogP) is 3.44. The minimum Gasteiger partial charge on any atom is -0.481 e. The molecule has 0 fully saturated rings. The molecule has 3 aromatic heterocycles. The first-order chi connectivity index (χ1) is 14.1. The SMILES string of the molecule is COc1ncc(C)c(-c2ccc3c(c2)[nH]c(=O)c2cnn(C4=CCOC4)c23)c1C. The Hall–Kier alpha value is -3.45. The number of aryl methyl sites for hydroxylation is 1. The Morgan fingerprint density at radius 1 is 1.21 bits per heavy atom. The zero-order valence-corrected chi connectivity index (χ0v) is 16.4. The Morgan fingerprint density at radius 3 is 2.83 bits per heavy atom. The number of pyridine rings is 2. The maximum Gasteiger partial charge on any atom is 0.259 e. The zero-order chi connectivity index (χ0) is 20.1. The van der Waals surface area contributed by atoms with E-state index in [2.05, 4.69) is 21.1 Å². The van der Waals surface area contributed by atoms with Gasteiger partial charge in [-0.05, 0) is 42.7 Å². The van der Waals surface area contributed by atoms with Crippen LogP contribution in [0, 0.1) is 13.8 Å². The maximum atomic E-state index is 12.7. The first-order valence-electron chi connectivity index (χ1n) is 9.40. The van der Waals surface area contributed by atoms with E-state index in [4.69, 9.17) is 9.47 Å². The van der Waals surface area contributed by atoms with E-state index < -0.39 is 0 Å². The topological polar surface area (TPSA) is 82.0 Å². The van der Waals surface area contributed by atoms with Crippen LogP contribution in [-0.2, 0) is 4.74 Å². The number of hydrogen-bond acceptors (Lipinski definition) is 5. The van der Waals surface area contributed by atoms with Gasteiger partial charge in [0.15, 0.2) is 0 Å². The van der Waals surface area contributed by atoms with Gasteiger partial charge in [-0.3, -0.25) is 4.79 Å². The molecular formula is C22H20N4O3. The number of methoxy groups -OCH3 is 1. The highest BCUT2D eigenvalue weighted by Crippen LogP contribution is 2.34. The van der Waals surface area contributed by atoms with Crippen LogP contribution in [0.4, 0.5) is 0 Å². The lowest BCUT2D eigenvalue weighted by Crippen LogP contribution is -2.08. The lowest BCUT2D eigenvalue weighted by Gasteiger charge is -2.14. The Balaban J connectivity index is 1.78. The number of hydrogen-bond donors (Lipinski definition) is 1. The second-order valence-electron chi connectivity index (χ2n) is 7.19. The third kappa shape index (κ3) is 2.66. The molecule has 0 bridgehead atoms. The minimum atomic E-state index is -0.156. The summed E-state index contributed by atoms with van der Waals surface area (Å²) >= 11 is 0. The first-order valence-corrected chi connectivity index (χ1v) is 9.40. The third-order valence-corrected chi connectivity index (χ3v) is 5.44. The average Bonchev–Trinajstić information content (AvgIpc) is 3.38. The van der Waals surface area contributed by atoms with Crippen LogP contribution >= 0.6 is 0 Å². The number of aromatic amines is 1. The van der Waals surface area contributed by atoms with Crippen LogP contribution in [0.5, 0.6) is 5.88 Å². The van der Waals surface area contributed by atoms with Crippen LogP contribution < -0.4 is 10.3 Å². The maximum absolute atomic E-state index is 12.7.